The van der Waals surface area contributed by atoms with Crippen molar-refractivity contribution in [3.05, 3.63) is 47.2 Å². The number of hydrogen-bond acceptors (Lipinski definition) is 5. The maximum Gasteiger partial charge on any atom is 0.306 e. The highest BCUT2D eigenvalue weighted by Crippen LogP contribution is 2.23. The lowest BCUT2D eigenvalue weighted by molar-refractivity contribution is -0.149. The molecule has 23 heavy (non-hydrogen) atoms. The van der Waals surface area contributed by atoms with Gasteiger partial charge in [-0.1, -0.05) is 38.1 Å². The Bertz CT molecular complexity index is 678. The molecule has 1 aromatic heterocycles. The van der Waals surface area contributed by atoms with Crippen LogP contribution in [0.1, 0.15) is 55.5 Å². The van der Waals surface area contributed by atoms with Crippen LogP contribution < -0.4 is 0 Å². The quantitative estimate of drug-likeness (QED) is 0.793. The molecule has 1 heterocycles. The summed E-state index contributed by atoms with van der Waals surface area (Å²) < 4.78 is 11.1. The van der Waals surface area contributed by atoms with Gasteiger partial charge in [0.15, 0.2) is 0 Å². The third kappa shape index (κ3) is 3.97. The minimum atomic E-state index is -0.196. The summed E-state index contributed by atoms with van der Waals surface area (Å²) in [5.74, 6) is 1.11. The monoisotopic (exact) mass is 314 g/mol. The van der Waals surface area contributed by atoms with E-state index in [0.29, 0.717) is 18.2 Å². The van der Waals surface area contributed by atoms with Gasteiger partial charge in [-0.2, -0.15) is 0 Å². The molecule has 5 heteroatoms. The molecular formula is C18H22N2O3. The SMILES string of the molecule is CC(C)c1nnc(CCC(=O)OC2CCc3ccccc3C2)o1. The Morgan fingerprint density at radius 2 is 2.09 bits per heavy atom. The summed E-state index contributed by atoms with van der Waals surface area (Å²) in [5.41, 5.74) is 2.65. The van der Waals surface area contributed by atoms with E-state index in [-0.39, 0.29) is 24.4 Å². The summed E-state index contributed by atoms with van der Waals surface area (Å²) in [5, 5.41) is 7.93. The predicted molar refractivity (Wildman–Crippen MR) is 85.1 cm³/mol. The van der Waals surface area contributed by atoms with Crippen molar-refractivity contribution in [2.24, 2.45) is 0 Å². The van der Waals surface area contributed by atoms with Crippen molar-refractivity contribution in [3.8, 4) is 0 Å². The molecule has 0 amide bonds. The summed E-state index contributed by atoms with van der Waals surface area (Å²) in [6, 6.07) is 8.35. The molecule has 0 fully saturated rings. The molecule has 3 rings (SSSR count). The van der Waals surface area contributed by atoms with Gasteiger partial charge in [0, 0.05) is 18.8 Å². The second kappa shape index (κ2) is 6.94. The van der Waals surface area contributed by atoms with Crippen LogP contribution in [0.25, 0.3) is 0 Å². The first-order valence-electron chi connectivity index (χ1n) is 8.20. The summed E-state index contributed by atoms with van der Waals surface area (Å²) in [6.07, 6.45) is 3.35. The zero-order valence-corrected chi connectivity index (χ0v) is 13.6. The van der Waals surface area contributed by atoms with Gasteiger partial charge in [-0.05, 0) is 24.0 Å². The normalized spacial score (nSPS) is 17.1. The molecule has 2 aromatic rings. The smallest absolute Gasteiger partial charge is 0.306 e. The molecule has 1 aliphatic rings. The van der Waals surface area contributed by atoms with Gasteiger partial charge >= 0.3 is 5.97 Å². The molecule has 0 saturated carbocycles. The number of aromatic nitrogens is 2. The molecule has 1 aromatic carbocycles. The van der Waals surface area contributed by atoms with E-state index >= 15 is 0 Å². The second-order valence-electron chi connectivity index (χ2n) is 6.31. The molecule has 0 saturated heterocycles. The van der Waals surface area contributed by atoms with E-state index in [9.17, 15) is 4.79 Å². The van der Waals surface area contributed by atoms with Crippen LogP contribution >= 0.6 is 0 Å². The number of benzene rings is 1. The molecule has 1 atom stereocenters. The van der Waals surface area contributed by atoms with Gasteiger partial charge < -0.3 is 9.15 Å². The number of aryl methyl sites for hydroxylation is 2. The third-order valence-corrected chi connectivity index (χ3v) is 4.12. The average Bonchev–Trinajstić information content (AvgIpc) is 3.02. The number of carbonyl (C=O) groups is 1. The van der Waals surface area contributed by atoms with Crippen LogP contribution in [0.4, 0.5) is 0 Å². The number of esters is 1. The lowest BCUT2D eigenvalue weighted by atomic mass is 9.90. The molecule has 5 nitrogen and oxygen atoms in total. The van der Waals surface area contributed by atoms with Gasteiger partial charge in [0.25, 0.3) is 0 Å². The van der Waals surface area contributed by atoms with Crippen LogP contribution in [0.3, 0.4) is 0 Å². The van der Waals surface area contributed by atoms with Crippen molar-refractivity contribution >= 4 is 5.97 Å². The maximum absolute atomic E-state index is 12.0. The number of hydrogen-bond donors (Lipinski definition) is 0. The summed E-state index contributed by atoms with van der Waals surface area (Å²) in [7, 11) is 0. The molecule has 1 aliphatic carbocycles. The van der Waals surface area contributed by atoms with Crippen molar-refractivity contribution in [3.63, 3.8) is 0 Å². The number of nitrogens with zero attached hydrogens (tertiary/aromatic N) is 2. The van der Waals surface area contributed by atoms with Gasteiger partial charge in [0.2, 0.25) is 11.8 Å². The van der Waals surface area contributed by atoms with Crippen LogP contribution in [0.5, 0.6) is 0 Å². The second-order valence-corrected chi connectivity index (χ2v) is 6.31. The summed E-state index contributed by atoms with van der Waals surface area (Å²) in [6.45, 7) is 3.99. The van der Waals surface area contributed by atoms with Crippen molar-refractivity contribution in [1.29, 1.82) is 0 Å². The fourth-order valence-corrected chi connectivity index (χ4v) is 2.82. The van der Waals surface area contributed by atoms with Crippen molar-refractivity contribution < 1.29 is 13.9 Å². The average molecular weight is 314 g/mol. The Hall–Kier alpha value is -2.17. The topological polar surface area (TPSA) is 65.2 Å². The van der Waals surface area contributed by atoms with Gasteiger partial charge in [-0.15, -0.1) is 10.2 Å². The van der Waals surface area contributed by atoms with Crippen LogP contribution in [0.2, 0.25) is 0 Å². The maximum atomic E-state index is 12.0. The standard InChI is InChI=1S/C18H22N2O3/c1-12(2)18-20-19-16(23-18)9-10-17(21)22-15-8-7-13-5-3-4-6-14(13)11-15/h3-6,12,15H,7-11H2,1-2H3. The Labute approximate surface area is 136 Å². The summed E-state index contributed by atoms with van der Waals surface area (Å²) in [4.78, 5) is 12.0. The van der Waals surface area contributed by atoms with Gasteiger partial charge in [-0.25, -0.2) is 0 Å². The molecule has 0 N–H and O–H groups in total. The van der Waals surface area contributed by atoms with Crippen LogP contribution in [0.15, 0.2) is 28.7 Å². The molecular weight excluding hydrogens is 292 g/mol. The van der Waals surface area contributed by atoms with Gasteiger partial charge in [0.05, 0.1) is 6.42 Å². The zero-order chi connectivity index (χ0) is 16.2. The molecule has 0 radical (unpaired) electrons. The first-order chi connectivity index (χ1) is 11.1. The first kappa shape index (κ1) is 15.7. The molecule has 122 valence electrons. The van der Waals surface area contributed by atoms with E-state index in [1.54, 1.807) is 0 Å². The van der Waals surface area contributed by atoms with E-state index in [2.05, 4.69) is 28.4 Å². The number of carbonyl (C=O) groups excluding carboxylic acids is 1. The fraction of sp³-hybridized carbons (Fsp3) is 0.500. The predicted octanol–water partition coefficient (Wildman–Crippen LogP) is 3.23. The number of fused-ring (bicyclic) bond motifs is 1. The van der Waals surface area contributed by atoms with E-state index in [1.807, 2.05) is 19.9 Å². The van der Waals surface area contributed by atoms with Crippen molar-refractivity contribution in [1.82, 2.24) is 10.2 Å². The van der Waals surface area contributed by atoms with Crippen molar-refractivity contribution in [2.45, 2.75) is 58.0 Å². The Morgan fingerprint density at radius 1 is 1.30 bits per heavy atom. The van der Waals surface area contributed by atoms with Crippen molar-refractivity contribution in [2.75, 3.05) is 0 Å². The Kier molecular flexibility index (Phi) is 4.74. The minimum Gasteiger partial charge on any atom is -0.462 e. The summed E-state index contributed by atoms with van der Waals surface area (Å²) >= 11 is 0. The van der Waals surface area contributed by atoms with E-state index in [1.165, 1.54) is 11.1 Å². The Balaban J connectivity index is 1.48. The highest BCUT2D eigenvalue weighted by Gasteiger charge is 2.22. The minimum absolute atomic E-state index is 0.0219. The number of rotatable bonds is 5. The number of ether oxygens (including phenoxy) is 1. The fourth-order valence-electron chi connectivity index (χ4n) is 2.82. The van der Waals surface area contributed by atoms with Crippen LogP contribution in [-0.4, -0.2) is 22.3 Å². The van der Waals surface area contributed by atoms with Gasteiger partial charge in [-0.3, -0.25) is 4.79 Å². The largest absolute Gasteiger partial charge is 0.462 e. The van der Waals surface area contributed by atoms with E-state index in [0.717, 1.165) is 19.3 Å². The van der Waals surface area contributed by atoms with Gasteiger partial charge in [0.1, 0.15) is 6.10 Å². The first-order valence-corrected chi connectivity index (χ1v) is 8.20. The third-order valence-electron chi connectivity index (χ3n) is 4.12. The van der Waals surface area contributed by atoms with Crippen LogP contribution in [-0.2, 0) is 28.8 Å². The Morgan fingerprint density at radius 3 is 2.83 bits per heavy atom. The lowest BCUT2D eigenvalue weighted by Crippen LogP contribution is -2.25. The molecule has 0 spiro atoms. The molecule has 0 bridgehead atoms. The zero-order valence-electron chi connectivity index (χ0n) is 13.6. The highest BCUT2D eigenvalue weighted by molar-refractivity contribution is 5.69. The van der Waals surface area contributed by atoms with E-state index in [4.69, 9.17) is 9.15 Å². The van der Waals surface area contributed by atoms with Crippen LogP contribution in [0, 0.1) is 0 Å². The lowest BCUT2D eigenvalue weighted by Gasteiger charge is -2.24. The highest BCUT2D eigenvalue weighted by atomic mass is 16.5. The molecule has 1 unspecified atom stereocenters. The molecule has 0 aliphatic heterocycles. The van der Waals surface area contributed by atoms with E-state index < -0.39 is 0 Å².